The van der Waals surface area contributed by atoms with Gasteiger partial charge in [0, 0.05) is 5.69 Å². The van der Waals surface area contributed by atoms with Crippen LogP contribution >= 0.6 is 11.3 Å². The molecule has 16 heavy (non-hydrogen) atoms. The molecule has 2 rings (SSSR count). The lowest BCUT2D eigenvalue weighted by molar-refractivity contribution is 0.624. The lowest BCUT2D eigenvalue weighted by atomic mass is 10.2. The Labute approximate surface area is 95.2 Å². The van der Waals surface area contributed by atoms with Crippen molar-refractivity contribution in [1.29, 1.82) is 5.26 Å². The lowest BCUT2D eigenvalue weighted by Gasteiger charge is -2.02. The maximum Gasteiger partial charge on any atom is 0.189 e. The highest BCUT2D eigenvalue weighted by atomic mass is 32.1. The summed E-state index contributed by atoms with van der Waals surface area (Å²) in [6.45, 7) is 0. The molecule has 0 unspecified atom stereocenters. The summed E-state index contributed by atoms with van der Waals surface area (Å²) in [6.07, 6.45) is 1.53. The van der Waals surface area contributed by atoms with E-state index in [2.05, 4.69) is 10.3 Å². The lowest BCUT2D eigenvalue weighted by Crippen LogP contribution is -1.91. The van der Waals surface area contributed by atoms with Crippen molar-refractivity contribution >= 4 is 27.2 Å². The summed E-state index contributed by atoms with van der Waals surface area (Å²) in [5.74, 6) is -0.535. The number of nitrogens with one attached hydrogen (secondary N) is 1. The fraction of sp³-hybridized carbons (Fsp3) is 0. The standard InChI is InChI=1S/C10H7FN4S/c11-8-2-1-7(3-6(8)4-12)15-10-14-5-9(13)16-10/h1-3,5H,13H2,(H,14,15). The number of nitrogens with two attached hydrogens (primary N) is 1. The molecule has 0 spiro atoms. The maximum atomic E-state index is 13.0. The molecule has 6 heteroatoms. The molecule has 1 heterocycles. The number of hydrogen-bond acceptors (Lipinski definition) is 5. The molecule has 0 atom stereocenters. The first-order valence-corrected chi connectivity index (χ1v) is 5.18. The minimum atomic E-state index is -0.535. The Morgan fingerprint density at radius 3 is 2.94 bits per heavy atom. The van der Waals surface area contributed by atoms with Gasteiger partial charge >= 0.3 is 0 Å². The minimum absolute atomic E-state index is 0.00507. The third kappa shape index (κ3) is 2.10. The minimum Gasteiger partial charge on any atom is -0.389 e. The summed E-state index contributed by atoms with van der Waals surface area (Å²) in [4.78, 5) is 3.99. The maximum absolute atomic E-state index is 13.0. The number of aromatic nitrogens is 1. The molecule has 0 saturated heterocycles. The van der Waals surface area contributed by atoms with Crippen LogP contribution < -0.4 is 11.1 Å². The van der Waals surface area contributed by atoms with E-state index in [9.17, 15) is 4.39 Å². The van der Waals surface area contributed by atoms with Gasteiger partial charge in [0.15, 0.2) is 5.13 Å². The van der Waals surface area contributed by atoms with Crippen LogP contribution in [0.2, 0.25) is 0 Å². The quantitative estimate of drug-likeness (QED) is 0.837. The Hall–Kier alpha value is -2.13. The molecule has 0 fully saturated rings. The first kappa shape index (κ1) is 10.4. The Kier molecular flexibility index (Phi) is 2.70. The van der Waals surface area contributed by atoms with E-state index in [-0.39, 0.29) is 5.56 Å². The summed E-state index contributed by atoms with van der Waals surface area (Å²) < 4.78 is 13.0. The zero-order chi connectivity index (χ0) is 11.5. The van der Waals surface area contributed by atoms with E-state index in [1.807, 2.05) is 0 Å². The second kappa shape index (κ2) is 4.16. The van der Waals surface area contributed by atoms with Gasteiger partial charge in [0.1, 0.15) is 16.9 Å². The van der Waals surface area contributed by atoms with Gasteiger partial charge in [-0.2, -0.15) is 5.26 Å². The molecule has 4 nitrogen and oxygen atoms in total. The molecule has 2 aromatic rings. The fourth-order valence-corrected chi connectivity index (χ4v) is 1.76. The SMILES string of the molecule is N#Cc1cc(Nc2ncc(N)s2)ccc1F. The van der Waals surface area contributed by atoms with E-state index in [1.54, 1.807) is 6.07 Å². The van der Waals surface area contributed by atoms with Crippen molar-refractivity contribution in [3.8, 4) is 6.07 Å². The summed E-state index contributed by atoms with van der Waals surface area (Å²) >= 11 is 1.28. The van der Waals surface area contributed by atoms with E-state index in [1.165, 1.54) is 35.7 Å². The molecule has 1 aromatic heterocycles. The molecule has 1 aromatic carbocycles. The van der Waals surface area contributed by atoms with Gasteiger partial charge in [0.2, 0.25) is 0 Å². The molecule has 0 bridgehead atoms. The van der Waals surface area contributed by atoms with Gasteiger partial charge in [-0.1, -0.05) is 11.3 Å². The van der Waals surface area contributed by atoms with Crippen LogP contribution in [0.1, 0.15) is 5.56 Å². The van der Waals surface area contributed by atoms with Crippen LogP contribution in [0.5, 0.6) is 0 Å². The molecule has 0 aliphatic heterocycles. The summed E-state index contributed by atoms with van der Waals surface area (Å²) in [5.41, 5.74) is 6.12. The van der Waals surface area contributed by atoms with Gasteiger partial charge in [0.25, 0.3) is 0 Å². The Morgan fingerprint density at radius 1 is 1.50 bits per heavy atom. The molecule has 0 aliphatic rings. The number of benzene rings is 1. The number of thiazole rings is 1. The monoisotopic (exact) mass is 234 g/mol. The largest absolute Gasteiger partial charge is 0.389 e. The summed E-state index contributed by atoms with van der Waals surface area (Å²) in [7, 11) is 0. The zero-order valence-electron chi connectivity index (χ0n) is 8.07. The molecular weight excluding hydrogens is 227 g/mol. The molecular formula is C10H7FN4S. The fourth-order valence-electron chi connectivity index (χ4n) is 1.16. The van der Waals surface area contributed by atoms with Gasteiger partial charge in [-0.15, -0.1) is 0 Å². The van der Waals surface area contributed by atoms with Crippen molar-refractivity contribution in [2.75, 3.05) is 11.1 Å². The second-order valence-electron chi connectivity index (χ2n) is 3.00. The molecule has 0 aliphatic carbocycles. The van der Waals surface area contributed by atoms with Crippen molar-refractivity contribution < 1.29 is 4.39 Å². The van der Waals surface area contributed by atoms with Gasteiger partial charge in [-0.3, -0.25) is 0 Å². The third-order valence-corrected chi connectivity index (χ3v) is 2.60. The smallest absolute Gasteiger partial charge is 0.189 e. The number of halogens is 1. The van der Waals surface area contributed by atoms with Crippen molar-refractivity contribution in [1.82, 2.24) is 4.98 Å². The van der Waals surface area contributed by atoms with Crippen molar-refractivity contribution in [3.05, 3.63) is 35.8 Å². The van der Waals surface area contributed by atoms with E-state index < -0.39 is 5.82 Å². The highest BCUT2D eigenvalue weighted by Gasteiger charge is 2.04. The Morgan fingerprint density at radius 2 is 2.31 bits per heavy atom. The van der Waals surface area contributed by atoms with Gasteiger partial charge in [0.05, 0.1) is 11.8 Å². The zero-order valence-corrected chi connectivity index (χ0v) is 8.88. The highest BCUT2D eigenvalue weighted by Crippen LogP contribution is 2.24. The van der Waals surface area contributed by atoms with Crippen molar-refractivity contribution in [2.24, 2.45) is 0 Å². The average Bonchev–Trinajstić information content (AvgIpc) is 2.67. The Balaban J connectivity index is 2.26. The van der Waals surface area contributed by atoms with Crippen LogP contribution in [0.4, 0.5) is 20.2 Å². The summed E-state index contributed by atoms with van der Waals surface area (Å²) in [5, 5.41) is 12.8. The van der Waals surface area contributed by atoms with Gasteiger partial charge < -0.3 is 11.1 Å². The van der Waals surface area contributed by atoms with Crippen LogP contribution in [0.25, 0.3) is 0 Å². The number of rotatable bonds is 2. The van der Waals surface area contributed by atoms with Crippen LogP contribution in [0, 0.1) is 17.1 Å². The van der Waals surface area contributed by atoms with Crippen molar-refractivity contribution in [3.63, 3.8) is 0 Å². The predicted octanol–water partition coefficient (Wildman–Crippen LogP) is 2.48. The number of nitrogen functional groups attached to an aromatic ring is 1. The second-order valence-corrected chi connectivity index (χ2v) is 4.06. The van der Waals surface area contributed by atoms with Crippen molar-refractivity contribution in [2.45, 2.75) is 0 Å². The number of nitriles is 1. The van der Waals surface area contributed by atoms with Crippen LogP contribution in [0.15, 0.2) is 24.4 Å². The Bertz CT molecular complexity index is 558. The normalized spacial score (nSPS) is 9.75. The van der Waals surface area contributed by atoms with Crippen LogP contribution in [-0.4, -0.2) is 4.98 Å². The third-order valence-electron chi connectivity index (χ3n) is 1.86. The molecule has 3 N–H and O–H groups in total. The highest BCUT2D eigenvalue weighted by molar-refractivity contribution is 7.19. The molecule has 0 saturated carbocycles. The topological polar surface area (TPSA) is 74.7 Å². The summed E-state index contributed by atoms with van der Waals surface area (Å²) in [6, 6.07) is 5.96. The number of hydrogen-bond donors (Lipinski definition) is 2. The van der Waals surface area contributed by atoms with Crippen LogP contribution in [0.3, 0.4) is 0 Å². The number of nitrogens with zero attached hydrogens (tertiary/aromatic N) is 2. The average molecular weight is 234 g/mol. The molecule has 0 radical (unpaired) electrons. The van der Waals surface area contributed by atoms with E-state index in [4.69, 9.17) is 11.0 Å². The van der Waals surface area contributed by atoms with E-state index in [0.717, 1.165) is 0 Å². The van der Waals surface area contributed by atoms with Crippen LogP contribution in [-0.2, 0) is 0 Å². The van der Waals surface area contributed by atoms with Gasteiger partial charge in [-0.05, 0) is 18.2 Å². The van der Waals surface area contributed by atoms with Gasteiger partial charge in [-0.25, -0.2) is 9.37 Å². The first-order valence-electron chi connectivity index (χ1n) is 4.37. The van der Waals surface area contributed by atoms with E-state index >= 15 is 0 Å². The first-order chi connectivity index (χ1) is 7.69. The molecule has 80 valence electrons. The molecule has 0 amide bonds. The van der Waals surface area contributed by atoms with E-state index in [0.29, 0.717) is 15.8 Å². The number of anilines is 3. The predicted molar refractivity (Wildman–Crippen MR) is 60.9 cm³/mol.